The number of hydrogen-bond donors (Lipinski definition) is 2. The predicted octanol–water partition coefficient (Wildman–Crippen LogP) is 2.40. The van der Waals surface area contributed by atoms with Crippen LogP contribution in [-0.4, -0.2) is 22.0 Å². The lowest BCUT2D eigenvalue weighted by Gasteiger charge is -2.14. The Hall–Kier alpha value is -2.21. The molecular formula is C14H11BrN2O3. The van der Waals surface area contributed by atoms with Gasteiger partial charge >= 0.3 is 5.97 Å². The number of carbonyl (C=O) groups is 2. The SMILES string of the molecule is O=C(N[C@@H](C(=O)O)c1ccccc1)c1cccc(Br)n1. The van der Waals surface area contributed by atoms with Gasteiger partial charge in [-0.1, -0.05) is 36.4 Å². The minimum atomic E-state index is -1.13. The van der Waals surface area contributed by atoms with E-state index in [0.29, 0.717) is 10.2 Å². The topological polar surface area (TPSA) is 79.3 Å². The van der Waals surface area contributed by atoms with E-state index in [1.54, 1.807) is 42.5 Å². The van der Waals surface area contributed by atoms with Crippen molar-refractivity contribution in [3.8, 4) is 0 Å². The van der Waals surface area contributed by atoms with E-state index < -0.39 is 17.9 Å². The molecule has 0 unspecified atom stereocenters. The van der Waals surface area contributed by atoms with Crippen LogP contribution in [0.5, 0.6) is 0 Å². The van der Waals surface area contributed by atoms with Gasteiger partial charge in [-0.05, 0) is 33.6 Å². The summed E-state index contributed by atoms with van der Waals surface area (Å²) in [4.78, 5) is 27.3. The molecule has 0 aliphatic heterocycles. The van der Waals surface area contributed by atoms with Crippen LogP contribution in [0.15, 0.2) is 53.1 Å². The van der Waals surface area contributed by atoms with E-state index in [1.165, 1.54) is 6.07 Å². The third kappa shape index (κ3) is 3.42. The van der Waals surface area contributed by atoms with Crippen molar-refractivity contribution in [2.24, 2.45) is 0 Å². The Morgan fingerprint density at radius 2 is 1.80 bits per heavy atom. The molecule has 1 heterocycles. The van der Waals surface area contributed by atoms with Gasteiger partial charge in [-0.2, -0.15) is 0 Å². The molecule has 0 aliphatic rings. The first-order valence-electron chi connectivity index (χ1n) is 5.79. The van der Waals surface area contributed by atoms with Crippen molar-refractivity contribution in [3.63, 3.8) is 0 Å². The number of aliphatic carboxylic acids is 1. The zero-order chi connectivity index (χ0) is 14.5. The molecule has 1 aromatic carbocycles. The highest BCUT2D eigenvalue weighted by Crippen LogP contribution is 2.14. The van der Waals surface area contributed by atoms with Crippen LogP contribution in [0.1, 0.15) is 22.1 Å². The van der Waals surface area contributed by atoms with E-state index in [4.69, 9.17) is 0 Å². The molecule has 1 atom stereocenters. The fourth-order valence-corrected chi connectivity index (χ4v) is 2.02. The third-order valence-electron chi connectivity index (χ3n) is 2.60. The van der Waals surface area contributed by atoms with Gasteiger partial charge in [-0.3, -0.25) is 4.79 Å². The normalized spacial score (nSPS) is 11.7. The average molecular weight is 335 g/mol. The summed E-state index contributed by atoms with van der Waals surface area (Å²) < 4.78 is 0.511. The number of pyridine rings is 1. The van der Waals surface area contributed by atoms with Crippen molar-refractivity contribution in [1.82, 2.24) is 10.3 Å². The Balaban J connectivity index is 2.21. The number of nitrogens with one attached hydrogen (secondary N) is 1. The lowest BCUT2D eigenvalue weighted by atomic mass is 10.1. The lowest BCUT2D eigenvalue weighted by molar-refractivity contribution is -0.139. The van der Waals surface area contributed by atoms with Gasteiger partial charge in [0.25, 0.3) is 5.91 Å². The van der Waals surface area contributed by atoms with Crippen molar-refractivity contribution in [2.75, 3.05) is 0 Å². The number of nitrogens with zero attached hydrogens (tertiary/aromatic N) is 1. The van der Waals surface area contributed by atoms with E-state index >= 15 is 0 Å². The van der Waals surface area contributed by atoms with E-state index in [2.05, 4.69) is 26.2 Å². The molecule has 0 spiro atoms. The number of carboxylic acid groups (broad SMARTS) is 1. The summed E-state index contributed by atoms with van der Waals surface area (Å²) in [7, 11) is 0. The molecule has 6 heteroatoms. The molecular weight excluding hydrogens is 324 g/mol. The number of carbonyl (C=O) groups excluding carboxylic acids is 1. The Morgan fingerprint density at radius 1 is 1.10 bits per heavy atom. The number of halogens is 1. The van der Waals surface area contributed by atoms with Crippen LogP contribution >= 0.6 is 15.9 Å². The van der Waals surface area contributed by atoms with Crippen LogP contribution < -0.4 is 5.32 Å². The minimum Gasteiger partial charge on any atom is -0.479 e. The highest BCUT2D eigenvalue weighted by atomic mass is 79.9. The van der Waals surface area contributed by atoms with Crippen LogP contribution in [0, 0.1) is 0 Å². The zero-order valence-corrected chi connectivity index (χ0v) is 11.9. The third-order valence-corrected chi connectivity index (χ3v) is 3.04. The first kappa shape index (κ1) is 14.2. The summed E-state index contributed by atoms with van der Waals surface area (Å²) >= 11 is 3.16. The Morgan fingerprint density at radius 3 is 2.40 bits per heavy atom. The molecule has 0 bridgehead atoms. The number of rotatable bonds is 4. The zero-order valence-electron chi connectivity index (χ0n) is 10.3. The second-order valence-corrected chi connectivity index (χ2v) is 4.81. The first-order chi connectivity index (χ1) is 9.58. The highest BCUT2D eigenvalue weighted by molar-refractivity contribution is 9.10. The summed E-state index contributed by atoms with van der Waals surface area (Å²) in [6, 6.07) is 12.3. The number of benzene rings is 1. The summed E-state index contributed by atoms with van der Waals surface area (Å²) in [5, 5.41) is 11.7. The number of carboxylic acids is 1. The molecule has 2 rings (SSSR count). The lowest BCUT2D eigenvalue weighted by Crippen LogP contribution is -2.34. The Labute approximate surface area is 123 Å². The fraction of sp³-hybridized carbons (Fsp3) is 0.0714. The molecule has 5 nitrogen and oxygen atoms in total. The first-order valence-corrected chi connectivity index (χ1v) is 6.58. The van der Waals surface area contributed by atoms with Gasteiger partial charge in [0.1, 0.15) is 10.3 Å². The Bertz CT molecular complexity index is 631. The van der Waals surface area contributed by atoms with Gasteiger partial charge in [0, 0.05) is 0 Å². The van der Waals surface area contributed by atoms with Crippen molar-refractivity contribution in [3.05, 3.63) is 64.4 Å². The van der Waals surface area contributed by atoms with Crippen LogP contribution in [0.2, 0.25) is 0 Å². The Kier molecular flexibility index (Phi) is 4.47. The number of aromatic nitrogens is 1. The second kappa shape index (κ2) is 6.29. The highest BCUT2D eigenvalue weighted by Gasteiger charge is 2.22. The fourth-order valence-electron chi connectivity index (χ4n) is 1.67. The molecule has 2 aromatic rings. The van der Waals surface area contributed by atoms with Gasteiger partial charge in [-0.15, -0.1) is 0 Å². The number of amides is 1. The van der Waals surface area contributed by atoms with E-state index in [1.807, 2.05) is 0 Å². The van der Waals surface area contributed by atoms with Crippen molar-refractivity contribution >= 4 is 27.8 Å². The van der Waals surface area contributed by atoms with Crippen molar-refractivity contribution < 1.29 is 14.7 Å². The predicted molar refractivity (Wildman–Crippen MR) is 76.2 cm³/mol. The van der Waals surface area contributed by atoms with Crippen LogP contribution in [0.25, 0.3) is 0 Å². The molecule has 0 aliphatic carbocycles. The molecule has 2 N–H and O–H groups in total. The quantitative estimate of drug-likeness (QED) is 0.841. The summed E-state index contributed by atoms with van der Waals surface area (Å²) in [5.41, 5.74) is 0.657. The molecule has 102 valence electrons. The minimum absolute atomic E-state index is 0.154. The van der Waals surface area contributed by atoms with Crippen LogP contribution in [0.3, 0.4) is 0 Å². The van der Waals surface area contributed by atoms with Gasteiger partial charge in [0.05, 0.1) is 0 Å². The van der Waals surface area contributed by atoms with Gasteiger partial charge in [0.2, 0.25) is 0 Å². The summed E-state index contributed by atoms with van der Waals surface area (Å²) in [6.45, 7) is 0. The average Bonchev–Trinajstić information content (AvgIpc) is 2.45. The van der Waals surface area contributed by atoms with Crippen LogP contribution in [-0.2, 0) is 4.79 Å². The van der Waals surface area contributed by atoms with E-state index in [-0.39, 0.29) is 5.69 Å². The monoisotopic (exact) mass is 334 g/mol. The standard InChI is InChI=1S/C14H11BrN2O3/c15-11-8-4-7-10(16-11)13(18)17-12(14(19)20)9-5-2-1-3-6-9/h1-8,12H,(H,17,18)(H,19,20)/t12-/m1/s1. The smallest absolute Gasteiger partial charge is 0.330 e. The van der Waals surface area contributed by atoms with Crippen molar-refractivity contribution in [2.45, 2.75) is 6.04 Å². The molecule has 0 saturated heterocycles. The molecule has 1 aromatic heterocycles. The van der Waals surface area contributed by atoms with Crippen LogP contribution in [0.4, 0.5) is 0 Å². The largest absolute Gasteiger partial charge is 0.479 e. The second-order valence-electron chi connectivity index (χ2n) is 4.00. The van der Waals surface area contributed by atoms with Gasteiger partial charge in [0.15, 0.2) is 6.04 Å². The van der Waals surface area contributed by atoms with Crippen molar-refractivity contribution in [1.29, 1.82) is 0 Å². The molecule has 0 saturated carbocycles. The maximum absolute atomic E-state index is 12.0. The summed E-state index contributed by atoms with van der Waals surface area (Å²) in [5.74, 6) is -1.66. The van der Waals surface area contributed by atoms with E-state index in [9.17, 15) is 14.7 Å². The molecule has 0 fully saturated rings. The van der Waals surface area contributed by atoms with Gasteiger partial charge in [-0.25, -0.2) is 9.78 Å². The molecule has 1 amide bonds. The van der Waals surface area contributed by atoms with E-state index in [0.717, 1.165) is 0 Å². The van der Waals surface area contributed by atoms with Gasteiger partial charge < -0.3 is 10.4 Å². The summed E-state index contributed by atoms with van der Waals surface area (Å²) in [6.07, 6.45) is 0. The maximum Gasteiger partial charge on any atom is 0.330 e. The molecule has 20 heavy (non-hydrogen) atoms. The number of hydrogen-bond acceptors (Lipinski definition) is 3. The molecule has 0 radical (unpaired) electrons. The maximum atomic E-state index is 12.0.